The maximum absolute atomic E-state index is 12.6. The van der Waals surface area contributed by atoms with Gasteiger partial charge in [0.25, 0.3) is 0 Å². The van der Waals surface area contributed by atoms with Crippen LogP contribution in [-0.4, -0.2) is 62.4 Å². The van der Waals surface area contributed by atoms with Crippen LogP contribution in [0.5, 0.6) is 0 Å². The van der Waals surface area contributed by atoms with Crippen LogP contribution in [0.1, 0.15) is 26.7 Å². The molecule has 1 amide bonds. The van der Waals surface area contributed by atoms with Crippen LogP contribution in [0.2, 0.25) is 0 Å². The van der Waals surface area contributed by atoms with Crippen molar-refractivity contribution in [2.45, 2.75) is 38.8 Å². The van der Waals surface area contributed by atoms with E-state index in [2.05, 4.69) is 12.2 Å². The predicted molar refractivity (Wildman–Crippen MR) is 73.0 cm³/mol. The molecule has 3 atom stereocenters. The number of carbonyl (C=O) groups excluding carboxylic acids is 1. The predicted octanol–water partition coefficient (Wildman–Crippen LogP) is 0.638. The summed E-state index contributed by atoms with van der Waals surface area (Å²) in [6, 6.07) is 0.173. The third-order valence-corrected chi connectivity index (χ3v) is 3.82. The Hall–Kier alpha value is -0.650. The maximum atomic E-state index is 12.6. The molecular formula is C14H26N2O3. The van der Waals surface area contributed by atoms with Crippen LogP contribution in [0, 0.1) is 5.92 Å². The lowest BCUT2D eigenvalue weighted by Crippen LogP contribution is -2.47. The van der Waals surface area contributed by atoms with Crippen LogP contribution < -0.4 is 5.32 Å². The Kier molecular flexibility index (Phi) is 5.60. The molecule has 2 aliphatic heterocycles. The topological polar surface area (TPSA) is 50.8 Å². The Bertz CT molecular complexity index is 298. The van der Waals surface area contributed by atoms with E-state index in [0.717, 1.165) is 32.5 Å². The summed E-state index contributed by atoms with van der Waals surface area (Å²) in [7, 11) is 0. The standard InChI is InChI=1S/C14H26N2O3/c1-3-5-15-13-10-18-9-12(13)14(17)16-6-4-7-19-11(2)8-16/h11-13,15H,3-10H2,1-2H3. The molecule has 0 aromatic rings. The normalized spacial score (nSPS) is 32.3. The highest BCUT2D eigenvalue weighted by molar-refractivity contribution is 5.80. The van der Waals surface area contributed by atoms with Crippen LogP contribution in [0.25, 0.3) is 0 Å². The summed E-state index contributed by atoms with van der Waals surface area (Å²) in [5.41, 5.74) is 0. The van der Waals surface area contributed by atoms with Crippen LogP contribution in [0.4, 0.5) is 0 Å². The summed E-state index contributed by atoms with van der Waals surface area (Å²) in [5, 5.41) is 3.42. The quantitative estimate of drug-likeness (QED) is 0.814. The van der Waals surface area contributed by atoms with E-state index < -0.39 is 0 Å². The number of ether oxygens (including phenoxy) is 2. The van der Waals surface area contributed by atoms with Crippen molar-refractivity contribution < 1.29 is 14.3 Å². The van der Waals surface area contributed by atoms with E-state index in [1.54, 1.807) is 0 Å². The van der Waals surface area contributed by atoms with Crippen LogP contribution in [0.15, 0.2) is 0 Å². The molecule has 2 aliphatic rings. The highest BCUT2D eigenvalue weighted by Crippen LogP contribution is 2.18. The Morgan fingerprint density at radius 2 is 2.26 bits per heavy atom. The molecule has 0 aromatic heterocycles. The number of hydrogen-bond donors (Lipinski definition) is 1. The summed E-state index contributed by atoms with van der Waals surface area (Å²) < 4.78 is 11.1. The molecule has 5 nitrogen and oxygen atoms in total. The molecule has 19 heavy (non-hydrogen) atoms. The van der Waals surface area contributed by atoms with Gasteiger partial charge in [-0.15, -0.1) is 0 Å². The fourth-order valence-electron chi connectivity index (χ4n) is 2.76. The van der Waals surface area contributed by atoms with Gasteiger partial charge in [0.1, 0.15) is 0 Å². The first-order chi connectivity index (χ1) is 9.22. The molecule has 2 fully saturated rings. The lowest BCUT2D eigenvalue weighted by molar-refractivity contribution is -0.136. The molecule has 2 saturated heterocycles. The Morgan fingerprint density at radius 1 is 1.42 bits per heavy atom. The summed E-state index contributed by atoms with van der Waals surface area (Å²) >= 11 is 0. The van der Waals surface area contributed by atoms with Gasteiger partial charge in [-0.1, -0.05) is 6.92 Å². The molecular weight excluding hydrogens is 244 g/mol. The highest BCUT2D eigenvalue weighted by Gasteiger charge is 2.36. The Labute approximate surface area is 115 Å². The van der Waals surface area contributed by atoms with E-state index in [1.165, 1.54) is 0 Å². The zero-order valence-corrected chi connectivity index (χ0v) is 12.1. The zero-order valence-electron chi connectivity index (χ0n) is 12.1. The average Bonchev–Trinajstić information content (AvgIpc) is 2.76. The van der Waals surface area contributed by atoms with Crippen molar-refractivity contribution in [1.29, 1.82) is 0 Å². The highest BCUT2D eigenvalue weighted by atomic mass is 16.5. The molecule has 1 N–H and O–H groups in total. The average molecular weight is 270 g/mol. The molecule has 5 heteroatoms. The van der Waals surface area contributed by atoms with Crippen LogP contribution in [0.3, 0.4) is 0 Å². The maximum Gasteiger partial charge on any atom is 0.229 e. The van der Waals surface area contributed by atoms with E-state index in [1.807, 2.05) is 11.8 Å². The SMILES string of the molecule is CCCNC1COCC1C(=O)N1CCCOC(C)C1. The third kappa shape index (κ3) is 3.91. The van der Waals surface area contributed by atoms with Gasteiger partial charge in [-0.2, -0.15) is 0 Å². The monoisotopic (exact) mass is 270 g/mol. The molecule has 110 valence electrons. The Morgan fingerprint density at radius 3 is 3.05 bits per heavy atom. The van der Waals surface area contributed by atoms with Gasteiger partial charge in [-0.3, -0.25) is 4.79 Å². The summed E-state index contributed by atoms with van der Waals surface area (Å²) in [6.45, 7) is 8.57. The number of nitrogens with zero attached hydrogens (tertiary/aromatic N) is 1. The number of carbonyl (C=O) groups is 1. The molecule has 0 bridgehead atoms. The van der Waals surface area contributed by atoms with Gasteiger partial charge in [0.15, 0.2) is 0 Å². The van der Waals surface area contributed by atoms with E-state index in [0.29, 0.717) is 19.8 Å². The lowest BCUT2D eigenvalue weighted by atomic mass is 10.0. The van der Waals surface area contributed by atoms with Gasteiger partial charge in [0.2, 0.25) is 5.91 Å². The van der Waals surface area contributed by atoms with Gasteiger partial charge in [-0.05, 0) is 26.3 Å². The molecule has 0 aliphatic carbocycles. The number of rotatable bonds is 4. The lowest BCUT2D eigenvalue weighted by Gasteiger charge is -2.27. The molecule has 0 saturated carbocycles. The molecule has 3 unspecified atom stereocenters. The summed E-state index contributed by atoms with van der Waals surface area (Å²) in [6.07, 6.45) is 2.14. The van der Waals surface area contributed by atoms with E-state index in [-0.39, 0.29) is 24.0 Å². The number of amides is 1. The molecule has 0 spiro atoms. The molecule has 0 radical (unpaired) electrons. The molecule has 0 aromatic carbocycles. The first kappa shape index (κ1) is 14.8. The largest absolute Gasteiger partial charge is 0.379 e. The van der Waals surface area contributed by atoms with Crippen molar-refractivity contribution in [3.63, 3.8) is 0 Å². The van der Waals surface area contributed by atoms with Crippen molar-refractivity contribution >= 4 is 5.91 Å². The van der Waals surface area contributed by atoms with Crippen molar-refractivity contribution in [1.82, 2.24) is 10.2 Å². The second kappa shape index (κ2) is 7.22. The first-order valence-corrected chi connectivity index (χ1v) is 7.44. The van der Waals surface area contributed by atoms with Crippen molar-refractivity contribution in [3.8, 4) is 0 Å². The summed E-state index contributed by atoms with van der Waals surface area (Å²) in [4.78, 5) is 14.6. The second-order valence-corrected chi connectivity index (χ2v) is 5.52. The number of nitrogens with one attached hydrogen (secondary N) is 1. The fourth-order valence-corrected chi connectivity index (χ4v) is 2.76. The Balaban J connectivity index is 1.93. The minimum atomic E-state index is -0.0307. The van der Waals surface area contributed by atoms with Gasteiger partial charge >= 0.3 is 0 Å². The second-order valence-electron chi connectivity index (χ2n) is 5.52. The van der Waals surface area contributed by atoms with E-state index >= 15 is 0 Å². The third-order valence-electron chi connectivity index (χ3n) is 3.82. The van der Waals surface area contributed by atoms with E-state index in [9.17, 15) is 4.79 Å². The van der Waals surface area contributed by atoms with Crippen molar-refractivity contribution in [2.24, 2.45) is 5.92 Å². The minimum Gasteiger partial charge on any atom is -0.379 e. The molecule has 2 heterocycles. The van der Waals surface area contributed by atoms with Gasteiger partial charge in [0.05, 0.1) is 25.2 Å². The van der Waals surface area contributed by atoms with E-state index in [4.69, 9.17) is 9.47 Å². The van der Waals surface area contributed by atoms with Gasteiger partial charge in [-0.25, -0.2) is 0 Å². The van der Waals surface area contributed by atoms with Crippen molar-refractivity contribution in [3.05, 3.63) is 0 Å². The van der Waals surface area contributed by atoms with Crippen LogP contribution in [-0.2, 0) is 14.3 Å². The number of hydrogen-bond acceptors (Lipinski definition) is 4. The van der Waals surface area contributed by atoms with Gasteiger partial charge < -0.3 is 19.7 Å². The van der Waals surface area contributed by atoms with Crippen LogP contribution >= 0.6 is 0 Å². The molecule has 2 rings (SSSR count). The fraction of sp³-hybridized carbons (Fsp3) is 0.929. The minimum absolute atomic E-state index is 0.0307. The first-order valence-electron chi connectivity index (χ1n) is 7.44. The van der Waals surface area contributed by atoms with Crippen molar-refractivity contribution in [2.75, 3.05) is 39.5 Å². The smallest absolute Gasteiger partial charge is 0.229 e. The summed E-state index contributed by atoms with van der Waals surface area (Å²) in [5.74, 6) is 0.195. The van der Waals surface area contributed by atoms with Gasteiger partial charge in [0, 0.05) is 25.7 Å². The zero-order chi connectivity index (χ0) is 13.7.